The minimum atomic E-state index is -0.00292. The smallest absolute Gasteiger partial charge is 0.220 e. The van der Waals surface area contributed by atoms with Crippen LogP contribution in [0, 0.1) is 0 Å². The molecule has 0 fully saturated rings. The van der Waals surface area contributed by atoms with Crippen molar-refractivity contribution in [3.05, 3.63) is 69.2 Å². The van der Waals surface area contributed by atoms with Gasteiger partial charge in [0.25, 0.3) is 0 Å². The molecule has 0 radical (unpaired) electrons. The number of hydrogen-bond acceptors (Lipinski definition) is 1. The number of rotatable bonds is 5. The highest BCUT2D eigenvalue weighted by Crippen LogP contribution is 2.18. The molecule has 4 heteroatoms. The summed E-state index contributed by atoms with van der Waals surface area (Å²) in [6.07, 6.45) is 1.09. The molecular formula is C17H17BrClNO. The van der Waals surface area contributed by atoms with Crippen LogP contribution in [0.3, 0.4) is 0 Å². The van der Waals surface area contributed by atoms with Crippen molar-refractivity contribution < 1.29 is 4.79 Å². The molecule has 2 aromatic rings. The second-order valence-corrected chi connectivity index (χ2v) is 6.26. The van der Waals surface area contributed by atoms with Gasteiger partial charge in [0.2, 0.25) is 5.91 Å². The number of amides is 1. The molecule has 0 aliphatic rings. The maximum atomic E-state index is 12.0. The van der Waals surface area contributed by atoms with Gasteiger partial charge in [0, 0.05) is 15.9 Å². The summed E-state index contributed by atoms with van der Waals surface area (Å²) < 4.78 is 1.03. The Kier molecular flexibility index (Phi) is 5.83. The van der Waals surface area contributed by atoms with E-state index >= 15 is 0 Å². The lowest BCUT2D eigenvalue weighted by molar-refractivity contribution is -0.121. The van der Waals surface area contributed by atoms with Crippen LogP contribution >= 0.6 is 27.5 Å². The van der Waals surface area contributed by atoms with Crippen LogP contribution < -0.4 is 5.32 Å². The highest BCUT2D eigenvalue weighted by molar-refractivity contribution is 9.10. The van der Waals surface area contributed by atoms with Crippen LogP contribution in [0.2, 0.25) is 5.02 Å². The molecule has 0 saturated heterocycles. The first kappa shape index (κ1) is 16.1. The number of halogens is 2. The van der Waals surface area contributed by atoms with Gasteiger partial charge in [-0.2, -0.15) is 0 Å². The van der Waals surface area contributed by atoms with Crippen LogP contribution in [0.15, 0.2) is 53.0 Å². The largest absolute Gasteiger partial charge is 0.350 e. The van der Waals surface area contributed by atoms with Crippen molar-refractivity contribution in [3.63, 3.8) is 0 Å². The number of nitrogens with one attached hydrogen (secondary N) is 1. The lowest BCUT2D eigenvalue weighted by Gasteiger charge is -2.14. The van der Waals surface area contributed by atoms with Crippen molar-refractivity contribution in [2.75, 3.05) is 0 Å². The van der Waals surface area contributed by atoms with Crippen molar-refractivity contribution in [1.82, 2.24) is 5.32 Å². The molecule has 0 saturated carbocycles. The molecule has 2 rings (SSSR count). The van der Waals surface area contributed by atoms with Gasteiger partial charge in [-0.25, -0.2) is 0 Å². The third-order valence-electron chi connectivity index (χ3n) is 3.33. The minimum Gasteiger partial charge on any atom is -0.350 e. The lowest BCUT2D eigenvalue weighted by Crippen LogP contribution is -2.26. The first-order valence-electron chi connectivity index (χ1n) is 6.84. The summed E-state index contributed by atoms with van der Waals surface area (Å²) in [6, 6.07) is 15.6. The van der Waals surface area contributed by atoms with E-state index in [4.69, 9.17) is 11.6 Å². The standard InChI is InChI=1S/C17H17BrClNO/c1-12(13-6-9-15(18)10-7-13)20-17(21)11-8-14-4-2-3-5-16(14)19/h2-7,9-10,12H,8,11H2,1H3,(H,20,21). The molecule has 110 valence electrons. The topological polar surface area (TPSA) is 29.1 Å². The van der Waals surface area contributed by atoms with Gasteiger partial charge in [0.05, 0.1) is 6.04 Å². The van der Waals surface area contributed by atoms with Crippen molar-refractivity contribution in [2.24, 2.45) is 0 Å². The van der Waals surface area contributed by atoms with E-state index in [0.29, 0.717) is 17.9 Å². The highest BCUT2D eigenvalue weighted by atomic mass is 79.9. The van der Waals surface area contributed by atoms with Gasteiger partial charge in [-0.05, 0) is 42.7 Å². The van der Waals surface area contributed by atoms with Gasteiger partial charge in [-0.3, -0.25) is 4.79 Å². The average molecular weight is 367 g/mol. The van der Waals surface area contributed by atoms with Gasteiger partial charge in [-0.1, -0.05) is 57.9 Å². The summed E-state index contributed by atoms with van der Waals surface area (Å²) in [4.78, 5) is 12.0. The average Bonchev–Trinajstić information content (AvgIpc) is 2.47. The van der Waals surface area contributed by atoms with E-state index in [2.05, 4.69) is 21.2 Å². The minimum absolute atomic E-state index is 0.00292. The SMILES string of the molecule is CC(NC(=O)CCc1ccccc1Cl)c1ccc(Br)cc1. The number of aryl methyl sites for hydroxylation is 1. The summed E-state index contributed by atoms with van der Waals surface area (Å²) in [7, 11) is 0. The molecule has 1 atom stereocenters. The summed E-state index contributed by atoms with van der Waals surface area (Å²) in [5.41, 5.74) is 2.09. The van der Waals surface area contributed by atoms with E-state index in [9.17, 15) is 4.79 Å². The Morgan fingerprint density at radius 3 is 2.52 bits per heavy atom. The van der Waals surface area contributed by atoms with Gasteiger partial charge < -0.3 is 5.32 Å². The van der Waals surface area contributed by atoms with Crippen molar-refractivity contribution in [2.45, 2.75) is 25.8 Å². The molecule has 21 heavy (non-hydrogen) atoms. The fraction of sp³-hybridized carbons (Fsp3) is 0.235. The molecule has 1 unspecified atom stereocenters. The Hall–Kier alpha value is -1.32. The fourth-order valence-corrected chi connectivity index (χ4v) is 2.59. The maximum absolute atomic E-state index is 12.0. The van der Waals surface area contributed by atoms with E-state index in [-0.39, 0.29) is 11.9 Å². The number of hydrogen-bond donors (Lipinski definition) is 1. The first-order chi connectivity index (χ1) is 10.1. The first-order valence-corrected chi connectivity index (χ1v) is 8.01. The predicted octanol–water partition coefficient (Wildman–Crippen LogP) is 4.91. The van der Waals surface area contributed by atoms with Crippen LogP contribution in [0.1, 0.15) is 30.5 Å². The number of benzene rings is 2. The Labute approximate surface area is 138 Å². The summed E-state index contributed by atoms with van der Waals surface area (Å²) in [5, 5.41) is 3.72. The van der Waals surface area contributed by atoms with Crippen LogP contribution in [-0.4, -0.2) is 5.91 Å². The normalized spacial score (nSPS) is 12.0. The fourth-order valence-electron chi connectivity index (χ4n) is 2.10. The molecule has 1 amide bonds. The van der Waals surface area contributed by atoms with Gasteiger partial charge in [-0.15, -0.1) is 0 Å². The van der Waals surface area contributed by atoms with Crippen molar-refractivity contribution >= 4 is 33.4 Å². The summed E-state index contributed by atoms with van der Waals surface area (Å²) in [5.74, 6) is 0.0327. The highest BCUT2D eigenvalue weighted by Gasteiger charge is 2.10. The summed E-state index contributed by atoms with van der Waals surface area (Å²) >= 11 is 9.49. The molecule has 0 spiro atoms. The Balaban J connectivity index is 1.87. The Morgan fingerprint density at radius 1 is 1.19 bits per heavy atom. The second kappa shape index (κ2) is 7.62. The monoisotopic (exact) mass is 365 g/mol. The Bertz CT molecular complexity index is 612. The molecule has 1 N–H and O–H groups in total. The van der Waals surface area contributed by atoms with Crippen molar-refractivity contribution in [1.29, 1.82) is 0 Å². The van der Waals surface area contributed by atoms with Gasteiger partial charge >= 0.3 is 0 Å². The van der Waals surface area contributed by atoms with E-state index in [1.54, 1.807) is 0 Å². The van der Waals surface area contributed by atoms with Gasteiger partial charge in [0.1, 0.15) is 0 Å². The zero-order valence-electron chi connectivity index (χ0n) is 11.8. The van der Waals surface area contributed by atoms with Crippen molar-refractivity contribution in [3.8, 4) is 0 Å². The molecule has 0 aromatic heterocycles. The van der Waals surface area contributed by atoms with Gasteiger partial charge in [0.15, 0.2) is 0 Å². The Morgan fingerprint density at radius 2 is 1.86 bits per heavy atom. The third kappa shape index (κ3) is 4.87. The lowest BCUT2D eigenvalue weighted by atomic mass is 10.1. The molecule has 0 bridgehead atoms. The molecular weight excluding hydrogens is 350 g/mol. The molecule has 0 aliphatic heterocycles. The van der Waals surface area contributed by atoms with Crippen LogP contribution in [-0.2, 0) is 11.2 Å². The molecule has 2 aromatic carbocycles. The number of carbonyl (C=O) groups is 1. The molecule has 0 heterocycles. The zero-order chi connectivity index (χ0) is 15.2. The molecule has 0 aliphatic carbocycles. The second-order valence-electron chi connectivity index (χ2n) is 4.93. The maximum Gasteiger partial charge on any atom is 0.220 e. The predicted molar refractivity (Wildman–Crippen MR) is 90.5 cm³/mol. The van der Waals surface area contributed by atoms with E-state index < -0.39 is 0 Å². The van der Waals surface area contributed by atoms with Crippen LogP contribution in [0.4, 0.5) is 0 Å². The van der Waals surface area contributed by atoms with E-state index in [1.807, 2.05) is 55.5 Å². The third-order valence-corrected chi connectivity index (χ3v) is 4.22. The van der Waals surface area contributed by atoms with Crippen LogP contribution in [0.5, 0.6) is 0 Å². The van der Waals surface area contributed by atoms with E-state index in [0.717, 1.165) is 15.6 Å². The quantitative estimate of drug-likeness (QED) is 0.800. The van der Waals surface area contributed by atoms with Crippen LogP contribution in [0.25, 0.3) is 0 Å². The zero-order valence-corrected chi connectivity index (χ0v) is 14.1. The summed E-state index contributed by atoms with van der Waals surface area (Å²) in [6.45, 7) is 1.98. The number of carbonyl (C=O) groups excluding carboxylic acids is 1. The molecule has 2 nitrogen and oxygen atoms in total. The van der Waals surface area contributed by atoms with E-state index in [1.165, 1.54) is 0 Å².